The van der Waals surface area contributed by atoms with E-state index < -0.39 is 0 Å². The second kappa shape index (κ2) is 8.70. The van der Waals surface area contributed by atoms with Crippen molar-refractivity contribution in [2.24, 2.45) is 5.92 Å². The summed E-state index contributed by atoms with van der Waals surface area (Å²) in [6.07, 6.45) is 3.78. The predicted octanol–water partition coefficient (Wildman–Crippen LogP) is 4.63. The zero-order chi connectivity index (χ0) is 23.1. The van der Waals surface area contributed by atoms with Crippen LogP contribution in [0.3, 0.4) is 0 Å². The van der Waals surface area contributed by atoms with Gasteiger partial charge in [0.25, 0.3) is 11.8 Å². The predicted molar refractivity (Wildman–Crippen MR) is 132 cm³/mol. The molecule has 3 aliphatic rings. The number of nitrogens with zero attached hydrogens (tertiary/aromatic N) is 2. The fourth-order valence-electron chi connectivity index (χ4n) is 5.06. The van der Waals surface area contributed by atoms with Crippen molar-refractivity contribution in [3.05, 3.63) is 71.4 Å². The second-order valence-electron chi connectivity index (χ2n) is 8.96. The number of anilines is 1. The number of benzene rings is 2. The lowest BCUT2D eigenvalue weighted by atomic mass is 9.84. The van der Waals surface area contributed by atoms with Gasteiger partial charge in [-0.05, 0) is 66.6 Å². The van der Waals surface area contributed by atoms with Crippen molar-refractivity contribution in [3.63, 3.8) is 0 Å². The first kappa shape index (κ1) is 21.1. The van der Waals surface area contributed by atoms with Crippen LogP contribution >= 0.6 is 11.3 Å². The number of rotatable bonds is 5. The number of hydrogen-bond acceptors (Lipinski definition) is 6. The molecule has 0 radical (unpaired) electrons. The Morgan fingerprint density at radius 1 is 1.03 bits per heavy atom. The second-order valence-corrected chi connectivity index (χ2v) is 10.0. The van der Waals surface area contributed by atoms with Gasteiger partial charge >= 0.3 is 0 Å². The van der Waals surface area contributed by atoms with Gasteiger partial charge < -0.3 is 20.1 Å². The summed E-state index contributed by atoms with van der Waals surface area (Å²) in [5.74, 6) is 0.410. The van der Waals surface area contributed by atoms with Crippen molar-refractivity contribution < 1.29 is 14.1 Å². The van der Waals surface area contributed by atoms with Gasteiger partial charge in [0.05, 0.1) is 11.1 Å². The first-order chi connectivity index (χ1) is 16.6. The van der Waals surface area contributed by atoms with Gasteiger partial charge in [0, 0.05) is 29.0 Å². The van der Waals surface area contributed by atoms with Crippen LogP contribution in [-0.4, -0.2) is 47.5 Å². The van der Waals surface area contributed by atoms with Crippen molar-refractivity contribution in [2.75, 3.05) is 25.0 Å². The summed E-state index contributed by atoms with van der Waals surface area (Å²) in [6.45, 7) is 3.27. The van der Waals surface area contributed by atoms with Gasteiger partial charge in [-0.15, -0.1) is 11.3 Å². The Balaban J connectivity index is 1.25. The molecule has 5 heterocycles. The number of carbonyl (C=O) groups excluding carboxylic acids is 2. The lowest BCUT2D eigenvalue weighted by Crippen LogP contribution is -2.57. The van der Waals surface area contributed by atoms with Crippen molar-refractivity contribution in [1.82, 2.24) is 15.4 Å². The highest BCUT2D eigenvalue weighted by atomic mass is 32.1. The fourth-order valence-corrected chi connectivity index (χ4v) is 6.16. The molecule has 4 aromatic rings. The highest BCUT2D eigenvalue weighted by Gasteiger charge is 2.35. The van der Waals surface area contributed by atoms with Gasteiger partial charge in [0.1, 0.15) is 0 Å². The van der Waals surface area contributed by atoms with Gasteiger partial charge in [-0.2, -0.15) is 0 Å². The Morgan fingerprint density at radius 2 is 1.88 bits per heavy atom. The molecule has 172 valence electrons. The number of fused-ring (bicyclic) bond motifs is 4. The molecular formula is C26H24N4O3S. The molecule has 7 nitrogen and oxygen atoms in total. The summed E-state index contributed by atoms with van der Waals surface area (Å²) in [7, 11) is 0. The maximum absolute atomic E-state index is 13.1. The molecule has 2 amide bonds. The third kappa shape index (κ3) is 3.99. The number of aromatic nitrogens is 1. The summed E-state index contributed by atoms with van der Waals surface area (Å²) in [6, 6.07) is 17.5. The minimum Gasteiger partial charge on any atom is -0.351 e. The van der Waals surface area contributed by atoms with Crippen LogP contribution in [0, 0.1) is 5.92 Å². The molecule has 3 aliphatic heterocycles. The summed E-state index contributed by atoms with van der Waals surface area (Å²) >= 11 is 1.52. The first-order valence-corrected chi connectivity index (χ1v) is 12.3. The van der Waals surface area contributed by atoms with E-state index in [1.807, 2.05) is 48.5 Å². The van der Waals surface area contributed by atoms with E-state index in [0.717, 1.165) is 45.7 Å². The number of nitrogens with one attached hydrogen (secondary N) is 2. The number of carbonyl (C=O) groups is 2. The van der Waals surface area contributed by atoms with Crippen LogP contribution in [0.5, 0.6) is 0 Å². The maximum atomic E-state index is 13.1. The van der Waals surface area contributed by atoms with Crippen LogP contribution in [0.2, 0.25) is 0 Å². The van der Waals surface area contributed by atoms with Crippen LogP contribution < -0.4 is 10.6 Å². The van der Waals surface area contributed by atoms with Crippen LogP contribution in [-0.2, 0) is 0 Å². The van der Waals surface area contributed by atoms with E-state index in [4.69, 9.17) is 4.52 Å². The summed E-state index contributed by atoms with van der Waals surface area (Å²) in [5, 5.41) is 10.8. The fraction of sp³-hybridized carbons (Fsp3) is 0.269. The van der Waals surface area contributed by atoms with Gasteiger partial charge in [-0.3, -0.25) is 9.59 Å². The maximum Gasteiger partial charge on any atom is 0.294 e. The van der Waals surface area contributed by atoms with Crippen molar-refractivity contribution >= 4 is 38.9 Å². The monoisotopic (exact) mass is 472 g/mol. The minimum absolute atomic E-state index is 0.0129. The average molecular weight is 473 g/mol. The molecule has 2 N–H and O–H groups in total. The first-order valence-electron chi connectivity index (χ1n) is 11.5. The Kier molecular flexibility index (Phi) is 5.39. The Hall–Kier alpha value is -3.49. The number of hydrogen-bond donors (Lipinski definition) is 2. The zero-order valence-corrected chi connectivity index (χ0v) is 19.3. The molecule has 0 spiro atoms. The SMILES string of the molecule is O=C(Nc1cccc(-c2cccc3cc(C(=O)N[C@H]4CN5CCC4CC5)sc23)c1)c1ccno1. The number of amides is 2. The zero-order valence-electron chi connectivity index (χ0n) is 18.5. The summed E-state index contributed by atoms with van der Waals surface area (Å²) in [5.41, 5.74) is 2.65. The Labute approximate surface area is 200 Å². The number of thiophene rings is 1. The van der Waals surface area contributed by atoms with E-state index in [2.05, 4.69) is 20.7 Å². The van der Waals surface area contributed by atoms with E-state index in [0.29, 0.717) is 11.6 Å². The smallest absolute Gasteiger partial charge is 0.294 e. The van der Waals surface area contributed by atoms with E-state index in [9.17, 15) is 9.59 Å². The summed E-state index contributed by atoms with van der Waals surface area (Å²) in [4.78, 5) is 28.6. The molecule has 2 aromatic carbocycles. The molecule has 3 fully saturated rings. The van der Waals surface area contributed by atoms with E-state index >= 15 is 0 Å². The van der Waals surface area contributed by atoms with Gasteiger partial charge in [-0.1, -0.05) is 35.5 Å². The molecule has 0 saturated carbocycles. The largest absolute Gasteiger partial charge is 0.351 e. The average Bonchev–Trinajstić information content (AvgIpc) is 3.55. The Bertz CT molecular complexity index is 1360. The van der Waals surface area contributed by atoms with Gasteiger partial charge in [-0.25, -0.2) is 0 Å². The number of piperidine rings is 3. The molecule has 1 atom stereocenters. The molecule has 2 bridgehead atoms. The molecule has 3 saturated heterocycles. The van der Waals surface area contributed by atoms with Crippen LogP contribution in [0.15, 0.2) is 65.3 Å². The third-order valence-electron chi connectivity index (χ3n) is 6.83. The minimum atomic E-state index is -0.351. The van der Waals surface area contributed by atoms with Crippen molar-refractivity contribution in [3.8, 4) is 11.1 Å². The van der Waals surface area contributed by atoms with E-state index in [-0.39, 0.29) is 23.6 Å². The van der Waals surface area contributed by atoms with Crippen molar-refractivity contribution in [1.29, 1.82) is 0 Å². The summed E-state index contributed by atoms with van der Waals surface area (Å²) < 4.78 is 5.99. The quantitative estimate of drug-likeness (QED) is 0.442. The van der Waals surface area contributed by atoms with Crippen LogP contribution in [0.1, 0.15) is 33.1 Å². The van der Waals surface area contributed by atoms with Crippen molar-refractivity contribution in [2.45, 2.75) is 18.9 Å². The highest BCUT2D eigenvalue weighted by molar-refractivity contribution is 7.21. The molecule has 34 heavy (non-hydrogen) atoms. The Morgan fingerprint density at radius 3 is 2.65 bits per heavy atom. The topological polar surface area (TPSA) is 87.5 Å². The molecular weight excluding hydrogens is 448 g/mol. The van der Waals surface area contributed by atoms with Gasteiger partial charge in [0.2, 0.25) is 5.76 Å². The molecule has 7 rings (SSSR count). The van der Waals surface area contributed by atoms with E-state index in [1.54, 1.807) is 0 Å². The molecule has 2 aromatic heterocycles. The lowest BCUT2D eigenvalue weighted by molar-refractivity contribution is 0.0622. The lowest BCUT2D eigenvalue weighted by Gasteiger charge is -2.44. The van der Waals surface area contributed by atoms with Crippen LogP contribution in [0.4, 0.5) is 5.69 Å². The standard InChI is InChI=1S/C26H24N4O3S/c31-25(22-7-10-27-33-22)28-19-5-1-3-17(13-19)20-6-2-4-18-14-23(34-24(18)20)26(32)29-21-15-30-11-8-16(21)9-12-30/h1-7,10,13-14,16,21H,8-9,11-12,15H2,(H,28,31)(H,29,32)/t21-/m0/s1. The van der Waals surface area contributed by atoms with Crippen LogP contribution in [0.25, 0.3) is 21.2 Å². The normalized spacial score (nSPS) is 21.5. The van der Waals surface area contributed by atoms with Gasteiger partial charge in [0.15, 0.2) is 0 Å². The highest BCUT2D eigenvalue weighted by Crippen LogP contribution is 2.36. The molecule has 0 unspecified atom stereocenters. The van der Waals surface area contributed by atoms with E-state index in [1.165, 1.54) is 36.4 Å². The third-order valence-corrected chi connectivity index (χ3v) is 8.02. The molecule has 8 heteroatoms. The molecule has 0 aliphatic carbocycles.